The molecular formula is C11H20O2. The molecule has 0 spiro atoms. The van der Waals surface area contributed by atoms with Gasteiger partial charge in [-0.05, 0) is 18.3 Å². The standard InChI is InChI=1S/C11H20O2/c1-3-4-10-8(2)5-6-9(7-12)11(10)13/h5-6,8-13H,3-4,7H2,1-2H3/t8-,9-,10+,11+/m0/s1. The lowest BCUT2D eigenvalue weighted by atomic mass is 9.75. The zero-order valence-corrected chi connectivity index (χ0v) is 8.48. The number of hydrogen-bond acceptors (Lipinski definition) is 2. The summed E-state index contributed by atoms with van der Waals surface area (Å²) in [6.07, 6.45) is 5.85. The maximum Gasteiger partial charge on any atom is 0.0658 e. The second-order valence-corrected chi connectivity index (χ2v) is 4.03. The summed E-state index contributed by atoms with van der Waals surface area (Å²) < 4.78 is 0. The summed E-state index contributed by atoms with van der Waals surface area (Å²) in [7, 11) is 0. The van der Waals surface area contributed by atoms with Gasteiger partial charge in [0, 0.05) is 5.92 Å². The summed E-state index contributed by atoms with van der Waals surface area (Å²) in [6.45, 7) is 4.32. The summed E-state index contributed by atoms with van der Waals surface area (Å²) in [5, 5.41) is 18.9. The van der Waals surface area contributed by atoms with Crippen LogP contribution < -0.4 is 0 Å². The van der Waals surface area contributed by atoms with Crippen molar-refractivity contribution in [3.05, 3.63) is 12.2 Å². The van der Waals surface area contributed by atoms with E-state index in [1.165, 1.54) is 0 Å². The topological polar surface area (TPSA) is 40.5 Å². The molecule has 1 aliphatic carbocycles. The lowest BCUT2D eigenvalue weighted by Crippen LogP contribution is -2.36. The minimum absolute atomic E-state index is 0.0484. The number of aliphatic hydroxyl groups is 2. The van der Waals surface area contributed by atoms with Gasteiger partial charge >= 0.3 is 0 Å². The van der Waals surface area contributed by atoms with Crippen LogP contribution in [-0.2, 0) is 0 Å². The average Bonchev–Trinajstić information content (AvgIpc) is 2.12. The Labute approximate surface area is 80.3 Å². The molecule has 0 fully saturated rings. The maximum absolute atomic E-state index is 9.92. The molecular weight excluding hydrogens is 164 g/mol. The van der Waals surface area contributed by atoms with Crippen LogP contribution >= 0.6 is 0 Å². The monoisotopic (exact) mass is 184 g/mol. The molecule has 76 valence electrons. The molecule has 0 unspecified atom stereocenters. The van der Waals surface area contributed by atoms with Crippen LogP contribution in [0.2, 0.25) is 0 Å². The third kappa shape index (κ3) is 2.32. The summed E-state index contributed by atoms with van der Waals surface area (Å²) in [4.78, 5) is 0. The fraction of sp³-hybridized carbons (Fsp3) is 0.818. The highest BCUT2D eigenvalue weighted by molar-refractivity contribution is 5.04. The molecule has 0 aromatic rings. The van der Waals surface area contributed by atoms with Gasteiger partial charge in [0.25, 0.3) is 0 Å². The molecule has 0 heterocycles. The van der Waals surface area contributed by atoms with Crippen LogP contribution in [-0.4, -0.2) is 22.9 Å². The van der Waals surface area contributed by atoms with Gasteiger partial charge in [0.05, 0.1) is 12.7 Å². The molecule has 1 rings (SSSR count). The zero-order valence-electron chi connectivity index (χ0n) is 8.48. The van der Waals surface area contributed by atoms with Crippen LogP contribution in [0.3, 0.4) is 0 Å². The van der Waals surface area contributed by atoms with E-state index in [1.54, 1.807) is 0 Å². The predicted octanol–water partition coefficient (Wildman–Crippen LogP) is 1.58. The first-order valence-corrected chi connectivity index (χ1v) is 5.18. The van der Waals surface area contributed by atoms with E-state index in [0.29, 0.717) is 11.8 Å². The van der Waals surface area contributed by atoms with Gasteiger partial charge in [-0.1, -0.05) is 32.4 Å². The Morgan fingerprint density at radius 2 is 2.00 bits per heavy atom. The largest absolute Gasteiger partial charge is 0.396 e. The van der Waals surface area contributed by atoms with Gasteiger partial charge in [0.15, 0.2) is 0 Å². The molecule has 2 nitrogen and oxygen atoms in total. The summed E-state index contributed by atoms with van der Waals surface area (Å²) in [5.41, 5.74) is 0. The molecule has 1 aliphatic rings. The quantitative estimate of drug-likeness (QED) is 0.654. The third-order valence-electron chi connectivity index (χ3n) is 3.05. The Hall–Kier alpha value is -0.340. The molecule has 0 aromatic carbocycles. The van der Waals surface area contributed by atoms with E-state index in [4.69, 9.17) is 5.11 Å². The molecule has 0 saturated heterocycles. The molecule has 13 heavy (non-hydrogen) atoms. The molecule has 0 saturated carbocycles. The van der Waals surface area contributed by atoms with Crippen molar-refractivity contribution in [2.24, 2.45) is 17.8 Å². The van der Waals surface area contributed by atoms with Gasteiger partial charge in [0.2, 0.25) is 0 Å². The van der Waals surface area contributed by atoms with Gasteiger partial charge in [0.1, 0.15) is 0 Å². The van der Waals surface area contributed by atoms with Gasteiger partial charge in [-0.15, -0.1) is 0 Å². The molecule has 0 aromatic heterocycles. The first kappa shape index (κ1) is 10.7. The zero-order chi connectivity index (χ0) is 9.84. The van der Waals surface area contributed by atoms with E-state index in [-0.39, 0.29) is 18.6 Å². The molecule has 2 heteroatoms. The Kier molecular flexibility index (Phi) is 3.94. The fourth-order valence-electron chi connectivity index (χ4n) is 2.14. The van der Waals surface area contributed by atoms with E-state index in [2.05, 4.69) is 19.9 Å². The maximum atomic E-state index is 9.92. The van der Waals surface area contributed by atoms with Gasteiger partial charge in [-0.25, -0.2) is 0 Å². The SMILES string of the molecule is CCC[C@H]1[C@H](O)[C@H](CO)C=C[C@@H]1C. The van der Waals surface area contributed by atoms with Crippen molar-refractivity contribution in [1.82, 2.24) is 0 Å². The predicted molar refractivity (Wildman–Crippen MR) is 53.3 cm³/mol. The van der Waals surface area contributed by atoms with Crippen molar-refractivity contribution in [2.45, 2.75) is 32.8 Å². The van der Waals surface area contributed by atoms with E-state index >= 15 is 0 Å². The van der Waals surface area contributed by atoms with Crippen molar-refractivity contribution < 1.29 is 10.2 Å². The second kappa shape index (κ2) is 4.77. The van der Waals surface area contributed by atoms with E-state index in [1.807, 2.05) is 6.08 Å². The van der Waals surface area contributed by atoms with Crippen molar-refractivity contribution in [2.75, 3.05) is 6.61 Å². The highest BCUT2D eigenvalue weighted by atomic mass is 16.3. The molecule has 0 aliphatic heterocycles. The lowest BCUT2D eigenvalue weighted by molar-refractivity contribution is 0.0176. The van der Waals surface area contributed by atoms with E-state index in [0.717, 1.165) is 12.8 Å². The molecule has 0 amide bonds. The molecule has 2 N–H and O–H groups in total. The first-order valence-electron chi connectivity index (χ1n) is 5.18. The van der Waals surface area contributed by atoms with Crippen molar-refractivity contribution in [3.8, 4) is 0 Å². The van der Waals surface area contributed by atoms with Crippen LogP contribution in [0.5, 0.6) is 0 Å². The lowest BCUT2D eigenvalue weighted by Gasteiger charge is -2.34. The number of allylic oxidation sites excluding steroid dienone is 1. The fourth-order valence-corrected chi connectivity index (χ4v) is 2.14. The Morgan fingerprint density at radius 3 is 2.54 bits per heavy atom. The smallest absolute Gasteiger partial charge is 0.0658 e. The second-order valence-electron chi connectivity index (χ2n) is 4.03. The van der Waals surface area contributed by atoms with Crippen molar-refractivity contribution in [1.29, 1.82) is 0 Å². The van der Waals surface area contributed by atoms with Crippen molar-refractivity contribution in [3.63, 3.8) is 0 Å². The normalized spacial score (nSPS) is 39.4. The summed E-state index contributed by atoms with van der Waals surface area (Å²) in [6, 6.07) is 0. The first-order chi connectivity index (χ1) is 6.20. The Morgan fingerprint density at radius 1 is 1.31 bits per heavy atom. The number of rotatable bonds is 3. The number of hydrogen-bond donors (Lipinski definition) is 2. The summed E-state index contributed by atoms with van der Waals surface area (Å²) in [5.74, 6) is 0.720. The average molecular weight is 184 g/mol. The summed E-state index contributed by atoms with van der Waals surface area (Å²) >= 11 is 0. The van der Waals surface area contributed by atoms with E-state index in [9.17, 15) is 5.11 Å². The molecule has 0 radical (unpaired) electrons. The van der Waals surface area contributed by atoms with Crippen molar-refractivity contribution >= 4 is 0 Å². The Balaban J connectivity index is 2.66. The molecule has 4 atom stereocenters. The van der Waals surface area contributed by atoms with Crippen LogP contribution in [0.25, 0.3) is 0 Å². The number of aliphatic hydroxyl groups excluding tert-OH is 2. The van der Waals surface area contributed by atoms with Gasteiger partial charge in [-0.2, -0.15) is 0 Å². The highest BCUT2D eigenvalue weighted by Gasteiger charge is 2.31. The van der Waals surface area contributed by atoms with Crippen LogP contribution in [0.1, 0.15) is 26.7 Å². The van der Waals surface area contributed by atoms with Crippen LogP contribution in [0, 0.1) is 17.8 Å². The van der Waals surface area contributed by atoms with Gasteiger partial charge < -0.3 is 10.2 Å². The van der Waals surface area contributed by atoms with Crippen LogP contribution in [0.15, 0.2) is 12.2 Å². The Bertz CT molecular complexity index is 177. The van der Waals surface area contributed by atoms with Crippen LogP contribution in [0.4, 0.5) is 0 Å². The minimum Gasteiger partial charge on any atom is -0.396 e. The van der Waals surface area contributed by atoms with Gasteiger partial charge in [-0.3, -0.25) is 0 Å². The minimum atomic E-state index is -0.357. The van der Waals surface area contributed by atoms with E-state index < -0.39 is 0 Å². The third-order valence-corrected chi connectivity index (χ3v) is 3.05. The molecule has 0 bridgehead atoms. The highest BCUT2D eigenvalue weighted by Crippen LogP contribution is 2.31.